The fourth-order valence-electron chi connectivity index (χ4n) is 3.28. The molecule has 0 spiro atoms. The van der Waals surface area contributed by atoms with Crippen LogP contribution in [-0.2, 0) is 11.3 Å². The Kier molecular flexibility index (Phi) is 5.08. The van der Waals surface area contributed by atoms with Gasteiger partial charge in [0.1, 0.15) is 24.6 Å². The lowest BCUT2D eigenvalue weighted by Crippen LogP contribution is -2.34. The van der Waals surface area contributed by atoms with Crippen LogP contribution in [0.5, 0.6) is 0 Å². The van der Waals surface area contributed by atoms with E-state index in [1.807, 2.05) is 13.3 Å². The molecule has 1 aliphatic rings. The van der Waals surface area contributed by atoms with E-state index in [0.717, 1.165) is 49.1 Å². The average Bonchev–Trinajstić information content (AvgIpc) is 3.05. The van der Waals surface area contributed by atoms with Gasteiger partial charge in [-0.25, -0.2) is 9.97 Å². The summed E-state index contributed by atoms with van der Waals surface area (Å²) in [5.41, 5.74) is 0.980. The number of ether oxygens (including phenoxy) is 1. The third-order valence-corrected chi connectivity index (χ3v) is 4.50. The maximum Gasteiger partial charge on any atom is 0.156 e. The zero-order chi connectivity index (χ0) is 17.1. The highest BCUT2D eigenvalue weighted by atomic mass is 16.5. The number of rotatable bonds is 5. The first kappa shape index (κ1) is 16.8. The summed E-state index contributed by atoms with van der Waals surface area (Å²) < 4.78 is 7.35. The molecule has 0 atom stereocenters. The summed E-state index contributed by atoms with van der Waals surface area (Å²) in [4.78, 5) is 11.4. The van der Waals surface area contributed by atoms with Gasteiger partial charge in [0.05, 0.1) is 0 Å². The molecule has 0 N–H and O–H groups in total. The predicted molar refractivity (Wildman–Crippen MR) is 92.1 cm³/mol. The number of anilines is 1. The molecule has 0 bridgehead atoms. The van der Waals surface area contributed by atoms with Crippen molar-refractivity contribution >= 4 is 5.82 Å². The molecule has 24 heavy (non-hydrogen) atoms. The van der Waals surface area contributed by atoms with E-state index in [4.69, 9.17) is 4.74 Å². The largest absolute Gasteiger partial charge is 0.377 e. The Hall–Kier alpha value is -2.02. The highest BCUT2D eigenvalue weighted by Crippen LogP contribution is 2.30. The lowest BCUT2D eigenvalue weighted by atomic mass is 9.95. The third kappa shape index (κ3) is 3.56. The molecule has 3 rings (SSSR count). The molecule has 3 heterocycles. The second-order valence-corrected chi connectivity index (χ2v) is 6.67. The minimum atomic E-state index is 0.397. The Balaban J connectivity index is 1.70. The molecule has 2 aromatic rings. The van der Waals surface area contributed by atoms with Crippen LogP contribution in [0.15, 0.2) is 12.4 Å². The number of piperidine rings is 1. The second-order valence-electron chi connectivity index (χ2n) is 6.67. The molecular formula is C17H26N6O. The zero-order valence-electron chi connectivity index (χ0n) is 14.9. The van der Waals surface area contributed by atoms with Gasteiger partial charge >= 0.3 is 0 Å². The monoisotopic (exact) mass is 330 g/mol. The summed E-state index contributed by atoms with van der Waals surface area (Å²) in [6.45, 7) is 8.73. The number of aromatic nitrogens is 5. The maximum atomic E-state index is 5.17. The topological polar surface area (TPSA) is 69.0 Å². The van der Waals surface area contributed by atoms with Gasteiger partial charge in [-0.1, -0.05) is 0 Å². The summed E-state index contributed by atoms with van der Waals surface area (Å²) in [7, 11) is 1.67. The Labute approximate surface area is 143 Å². The molecule has 1 fully saturated rings. The van der Waals surface area contributed by atoms with Crippen LogP contribution in [0, 0.1) is 6.92 Å². The van der Waals surface area contributed by atoms with Gasteiger partial charge in [0.15, 0.2) is 5.82 Å². The lowest BCUT2D eigenvalue weighted by molar-refractivity contribution is 0.177. The van der Waals surface area contributed by atoms with Gasteiger partial charge in [0, 0.05) is 43.9 Å². The minimum Gasteiger partial charge on any atom is -0.377 e. The number of hydrogen-bond acceptors (Lipinski definition) is 6. The molecule has 0 amide bonds. The molecule has 1 saturated heterocycles. The van der Waals surface area contributed by atoms with Gasteiger partial charge in [-0.05, 0) is 33.6 Å². The molecule has 0 radical (unpaired) electrons. The Morgan fingerprint density at radius 2 is 2.00 bits per heavy atom. The van der Waals surface area contributed by atoms with Crippen LogP contribution in [0.1, 0.15) is 56.0 Å². The highest BCUT2D eigenvalue weighted by molar-refractivity contribution is 5.40. The highest BCUT2D eigenvalue weighted by Gasteiger charge is 2.26. The first-order chi connectivity index (χ1) is 11.6. The normalized spacial score (nSPS) is 16.1. The van der Waals surface area contributed by atoms with Crippen molar-refractivity contribution in [3.8, 4) is 0 Å². The van der Waals surface area contributed by atoms with Gasteiger partial charge in [-0.2, -0.15) is 0 Å². The van der Waals surface area contributed by atoms with E-state index in [1.165, 1.54) is 0 Å². The summed E-state index contributed by atoms with van der Waals surface area (Å²) >= 11 is 0. The molecule has 7 heteroatoms. The van der Waals surface area contributed by atoms with Crippen LogP contribution >= 0.6 is 0 Å². The maximum absolute atomic E-state index is 5.17. The molecule has 7 nitrogen and oxygen atoms in total. The van der Waals surface area contributed by atoms with E-state index in [-0.39, 0.29) is 0 Å². The summed E-state index contributed by atoms with van der Waals surface area (Å²) in [5.74, 6) is 3.32. The minimum absolute atomic E-state index is 0.397. The van der Waals surface area contributed by atoms with Crippen molar-refractivity contribution in [3.05, 3.63) is 29.7 Å². The number of nitrogens with zero attached hydrogens (tertiary/aromatic N) is 6. The van der Waals surface area contributed by atoms with E-state index in [0.29, 0.717) is 18.6 Å². The number of hydrogen-bond donors (Lipinski definition) is 0. The van der Waals surface area contributed by atoms with Gasteiger partial charge in [-0.15, -0.1) is 10.2 Å². The fourth-order valence-corrected chi connectivity index (χ4v) is 3.28. The van der Waals surface area contributed by atoms with E-state index >= 15 is 0 Å². The van der Waals surface area contributed by atoms with E-state index in [1.54, 1.807) is 7.11 Å². The van der Waals surface area contributed by atoms with E-state index in [2.05, 4.69) is 49.5 Å². The van der Waals surface area contributed by atoms with Gasteiger partial charge < -0.3 is 14.2 Å². The Morgan fingerprint density at radius 3 is 2.67 bits per heavy atom. The number of aryl methyl sites for hydroxylation is 1. The van der Waals surface area contributed by atoms with Crippen LogP contribution in [0.2, 0.25) is 0 Å². The molecule has 0 saturated carbocycles. The molecule has 0 aromatic carbocycles. The van der Waals surface area contributed by atoms with Gasteiger partial charge in [0.2, 0.25) is 0 Å². The Morgan fingerprint density at radius 1 is 1.25 bits per heavy atom. The molecule has 0 aliphatic carbocycles. The van der Waals surface area contributed by atoms with Gasteiger partial charge in [0.25, 0.3) is 0 Å². The average molecular weight is 330 g/mol. The quantitative estimate of drug-likeness (QED) is 0.839. The van der Waals surface area contributed by atoms with Gasteiger partial charge in [-0.3, -0.25) is 0 Å². The molecule has 130 valence electrons. The summed E-state index contributed by atoms with van der Waals surface area (Å²) in [6, 6.07) is 2.45. The van der Waals surface area contributed by atoms with Crippen molar-refractivity contribution in [1.82, 2.24) is 24.7 Å². The lowest BCUT2D eigenvalue weighted by Gasteiger charge is -2.33. The van der Waals surface area contributed by atoms with Crippen molar-refractivity contribution in [2.45, 2.75) is 52.2 Å². The first-order valence-corrected chi connectivity index (χ1v) is 8.56. The van der Waals surface area contributed by atoms with Crippen molar-refractivity contribution < 1.29 is 4.74 Å². The van der Waals surface area contributed by atoms with Crippen LogP contribution < -0.4 is 4.90 Å². The standard InChI is InChI=1S/C17H26N6O/c1-12(2)23-11-18-21-17(23)14-5-7-22(8-6-14)16-9-13(3)19-15(20-16)10-24-4/h9,11-12,14H,5-8,10H2,1-4H3. The van der Waals surface area contributed by atoms with Crippen LogP contribution in [0.3, 0.4) is 0 Å². The second kappa shape index (κ2) is 7.25. The fraction of sp³-hybridized carbons (Fsp3) is 0.647. The summed E-state index contributed by atoms with van der Waals surface area (Å²) in [5, 5.41) is 8.47. The summed E-state index contributed by atoms with van der Waals surface area (Å²) in [6.07, 6.45) is 3.97. The SMILES string of the molecule is COCc1nc(C)cc(N2CCC(c3nncn3C(C)C)CC2)n1. The third-order valence-electron chi connectivity index (χ3n) is 4.50. The van der Waals surface area contributed by atoms with Crippen molar-refractivity contribution in [2.24, 2.45) is 0 Å². The van der Waals surface area contributed by atoms with Crippen LogP contribution in [0.4, 0.5) is 5.82 Å². The molecule has 1 aliphatic heterocycles. The molecule has 0 unspecified atom stereocenters. The van der Waals surface area contributed by atoms with Crippen LogP contribution in [0.25, 0.3) is 0 Å². The van der Waals surface area contributed by atoms with Crippen molar-refractivity contribution in [2.75, 3.05) is 25.1 Å². The van der Waals surface area contributed by atoms with Crippen molar-refractivity contribution in [1.29, 1.82) is 0 Å². The van der Waals surface area contributed by atoms with E-state index < -0.39 is 0 Å². The predicted octanol–water partition coefficient (Wildman–Crippen LogP) is 2.49. The van der Waals surface area contributed by atoms with Crippen molar-refractivity contribution in [3.63, 3.8) is 0 Å². The molecule has 2 aromatic heterocycles. The zero-order valence-corrected chi connectivity index (χ0v) is 14.9. The van der Waals surface area contributed by atoms with E-state index in [9.17, 15) is 0 Å². The first-order valence-electron chi connectivity index (χ1n) is 8.56. The van der Waals surface area contributed by atoms with Crippen LogP contribution in [-0.4, -0.2) is 44.9 Å². The molecular weight excluding hydrogens is 304 g/mol. The number of methoxy groups -OCH3 is 1. The Bertz CT molecular complexity index is 675. The smallest absolute Gasteiger partial charge is 0.156 e.